The number of hydrogen-bond acceptors (Lipinski definition) is 3. The van der Waals surface area contributed by atoms with E-state index in [0.717, 1.165) is 5.56 Å². The zero-order valence-corrected chi connectivity index (χ0v) is 14.4. The van der Waals surface area contributed by atoms with E-state index in [1.807, 2.05) is 6.07 Å². The number of halogens is 2. The first-order chi connectivity index (χ1) is 11.5. The predicted octanol–water partition coefficient (Wildman–Crippen LogP) is 3.77. The van der Waals surface area contributed by atoms with E-state index in [0.29, 0.717) is 28.1 Å². The van der Waals surface area contributed by atoms with Gasteiger partial charge in [-0.05, 0) is 17.7 Å². The molecular weight excluding hydrogens is 351 g/mol. The third-order valence-electron chi connectivity index (χ3n) is 3.32. The Balaban J connectivity index is 1.97. The van der Waals surface area contributed by atoms with Gasteiger partial charge >= 0.3 is 0 Å². The Hall–Kier alpha value is -2.31. The highest BCUT2D eigenvalue weighted by atomic mass is 35.5. The van der Waals surface area contributed by atoms with E-state index in [9.17, 15) is 10.1 Å². The van der Waals surface area contributed by atoms with Crippen LogP contribution in [0.1, 0.15) is 11.1 Å². The summed E-state index contributed by atoms with van der Waals surface area (Å²) >= 11 is 12.0. The van der Waals surface area contributed by atoms with Gasteiger partial charge in [0.2, 0.25) is 0 Å². The highest BCUT2D eigenvalue weighted by molar-refractivity contribution is 6.35. The molecule has 0 aliphatic rings. The summed E-state index contributed by atoms with van der Waals surface area (Å²) in [6.45, 7) is 0.734. The Morgan fingerprint density at radius 2 is 1.79 bits per heavy atom. The lowest BCUT2D eigenvalue weighted by atomic mass is 10.2. The number of hydrogen-bond donors (Lipinski definition) is 2. The summed E-state index contributed by atoms with van der Waals surface area (Å²) in [4.78, 5) is 14.7. The molecule has 24 heavy (non-hydrogen) atoms. The fourth-order valence-electron chi connectivity index (χ4n) is 2.08. The summed E-state index contributed by atoms with van der Waals surface area (Å²) in [5, 5.41) is 18.3. The summed E-state index contributed by atoms with van der Waals surface area (Å²) in [5.41, 5.74) is 1.52. The van der Waals surface area contributed by atoms with E-state index in [-0.39, 0.29) is 12.2 Å². The Labute approximate surface area is 149 Å². The lowest BCUT2D eigenvalue weighted by molar-refractivity contribution is -0.385. The molecule has 2 rings (SSSR count). The van der Waals surface area contributed by atoms with E-state index < -0.39 is 4.92 Å². The quantitative estimate of drug-likeness (QED) is 0.365. The van der Waals surface area contributed by atoms with Gasteiger partial charge in [0.1, 0.15) is 0 Å². The van der Waals surface area contributed by atoms with Crippen molar-refractivity contribution in [2.24, 2.45) is 4.99 Å². The van der Waals surface area contributed by atoms with Crippen molar-refractivity contribution in [1.82, 2.24) is 10.6 Å². The average molecular weight is 367 g/mol. The van der Waals surface area contributed by atoms with E-state index in [4.69, 9.17) is 23.2 Å². The minimum atomic E-state index is -0.402. The van der Waals surface area contributed by atoms with Crippen molar-refractivity contribution < 1.29 is 4.92 Å². The number of nitrogens with one attached hydrogen (secondary N) is 2. The number of guanidine groups is 1. The topological polar surface area (TPSA) is 79.6 Å². The molecule has 2 aromatic rings. The molecule has 0 fully saturated rings. The molecule has 0 aliphatic carbocycles. The van der Waals surface area contributed by atoms with Gasteiger partial charge in [0, 0.05) is 41.8 Å². The lowest BCUT2D eigenvalue weighted by Gasteiger charge is -2.13. The molecule has 0 saturated carbocycles. The SMILES string of the molecule is CN=C(NCc1ccc(Cl)cc1Cl)NCc1ccccc1[N+](=O)[O-]. The Morgan fingerprint density at radius 3 is 2.42 bits per heavy atom. The van der Waals surface area contributed by atoms with Gasteiger partial charge in [0.15, 0.2) is 5.96 Å². The molecule has 0 bridgehead atoms. The van der Waals surface area contributed by atoms with E-state index in [1.165, 1.54) is 6.07 Å². The standard InChI is InChI=1S/C16H16Cl2N4O2/c1-19-16(20-9-11-6-7-13(17)8-14(11)18)21-10-12-4-2-3-5-15(12)22(23)24/h2-8H,9-10H2,1H3,(H2,19,20,21). The van der Waals surface area contributed by atoms with E-state index in [1.54, 1.807) is 37.4 Å². The molecule has 0 aliphatic heterocycles. The van der Waals surface area contributed by atoms with Crippen LogP contribution >= 0.6 is 23.2 Å². The lowest BCUT2D eigenvalue weighted by Crippen LogP contribution is -2.36. The van der Waals surface area contributed by atoms with Crippen molar-refractivity contribution in [2.75, 3.05) is 7.05 Å². The molecule has 0 aromatic heterocycles. The summed E-state index contributed by atoms with van der Waals surface area (Å²) < 4.78 is 0. The summed E-state index contributed by atoms with van der Waals surface area (Å²) in [6.07, 6.45) is 0. The van der Waals surface area contributed by atoms with Gasteiger partial charge in [-0.15, -0.1) is 0 Å². The van der Waals surface area contributed by atoms with Crippen LogP contribution in [0.4, 0.5) is 5.69 Å². The zero-order valence-electron chi connectivity index (χ0n) is 12.9. The molecule has 8 heteroatoms. The third kappa shape index (κ3) is 4.84. The third-order valence-corrected chi connectivity index (χ3v) is 3.91. The number of nitro groups is 1. The molecule has 0 unspecified atom stereocenters. The fourth-order valence-corrected chi connectivity index (χ4v) is 2.56. The molecule has 0 amide bonds. The molecule has 126 valence electrons. The molecule has 2 aromatic carbocycles. The van der Waals surface area contributed by atoms with Crippen LogP contribution in [0.5, 0.6) is 0 Å². The van der Waals surface area contributed by atoms with Crippen LogP contribution in [0.25, 0.3) is 0 Å². The van der Waals surface area contributed by atoms with Gasteiger partial charge in [-0.1, -0.05) is 47.5 Å². The molecule has 0 spiro atoms. The highest BCUT2D eigenvalue weighted by Gasteiger charge is 2.12. The average Bonchev–Trinajstić information content (AvgIpc) is 2.56. The second-order valence-corrected chi connectivity index (χ2v) is 5.74. The van der Waals surface area contributed by atoms with Crippen LogP contribution in [0.2, 0.25) is 10.0 Å². The van der Waals surface area contributed by atoms with Crippen LogP contribution in [0.3, 0.4) is 0 Å². The van der Waals surface area contributed by atoms with Gasteiger partial charge < -0.3 is 10.6 Å². The largest absolute Gasteiger partial charge is 0.352 e. The maximum atomic E-state index is 11.0. The van der Waals surface area contributed by atoms with Crippen molar-refractivity contribution in [3.8, 4) is 0 Å². The normalized spacial score (nSPS) is 11.2. The summed E-state index contributed by atoms with van der Waals surface area (Å²) in [6, 6.07) is 11.8. The van der Waals surface area contributed by atoms with E-state index >= 15 is 0 Å². The molecule has 2 N–H and O–H groups in total. The second-order valence-electron chi connectivity index (χ2n) is 4.90. The number of nitro benzene ring substituents is 1. The highest BCUT2D eigenvalue weighted by Crippen LogP contribution is 2.20. The number of rotatable bonds is 5. The van der Waals surface area contributed by atoms with Crippen LogP contribution in [0, 0.1) is 10.1 Å². The van der Waals surface area contributed by atoms with Crippen molar-refractivity contribution >= 4 is 34.8 Å². The number of nitrogens with zero attached hydrogens (tertiary/aromatic N) is 2. The van der Waals surface area contributed by atoms with Crippen LogP contribution in [0.15, 0.2) is 47.5 Å². The van der Waals surface area contributed by atoms with Crippen LogP contribution in [-0.2, 0) is 13.1 Å². The molecule has 0 saturated heterocycles. The summed E-state index contributed by atoms with van der Waals surface area (Å²) in [7, 11) is 1.62. The van der Waals surface area contributed by atoms with Crippen LogP contribution < -0.4 is 10.6 Å². The number of aliphatic imine (C=N–C) groups is 1. The zero-order chi connectivity index (χ0) is 17.5. The smallest absolute Gasteiger partial charge is 0.274 e. The van der Waals surface area contributed by atoms with Crippen molar-refractivity contribution in [3.63, 3.8) is 0 Å². The predicted molar refractivity (Wildman–Crippen MR) is 96.6 cm³/mol. The fraction of sp³-hybridized carbons (Fsp3) is 0.188. The van der Waals surface area contributed by atoms with Gasteiger partial charge in [-0.2, -0.15) is 0 Å². The van der Waals surface area contributed by atoms with Gasteiger partial charge in [0.25, 0.3) is 5.69 Å². The van der Waals surface area contributed by atoms with E-state index in [2.05, 4.69) is 15.6 Å². The minimum Gasteiger partial charge on any atom is -0.352 e. The first-order valence-corrected chi connectivity index (χ1v) is 7.87. The van der Waals surface area contributed by atoms with Crippen molar-refractivity contribution in [2.45, 2.75) is 13.1 Å². The Kier molecular flexibility index (Phi) is 6.40. The number of para-hydroxylation sites is 1. The maximum absolute atomic E-state index is 11.0. The molecule has 0 atom stereocenters. The number of benzene rings is 2. The summed E-state index contributed by atoms with van der Waals surface area (Å²) in [5.74, 6) is 0.513. The molecule has 0 radical (unpaired) electrons. The van der Waals surface area contributed by atoms with Crippen molar-refractivity contribution in [3.05, 3.63) is 73.8 Å². The molecular formula is C16H16Cl2N4O2. The first kappa shape index (κ1) is 18.0. The molecule has 0 heterocycles. The van der Waals surface area contributed by atoms with Gasteiger partial charge in [-0.3, -0.25) is 15.1 Å². The second kappa shape index (κ2) is 8.52. The Bertz CT molecular complexity index is 765. The molecule has 6 nitrogen and oxygen atoms in total. The first-order valence-electron chi connectivity index (χ1n) is 7.12. The monoisotopic (exact) mass is 366 g/mol. The van der Waals surface area contributed by atoms with Gasteiger partial charge in [-0.25, -0.2) is 0 Å². The minimum absolute atomic E-state index is 0.0706. The van der Waals surface area contributed by atoms with Gasteiger partial charge in [0.05, 0.1) is 4.92 Å². The van der Waals surface area contributed by atoms with Crippen molar-refractivity contribution in [1.29, 1.82) is 0 Å². The van der Waals surface area contributed by atoms with Crippen LogP contribution in [-0.4, -0.2) is 17.9 Å². The Morgan fingerprint density at radius 1 is 1.12 bits per heavy atom. The maximum Gasteiger partial charge on any atom is 0.274 e.